The molecule has 3 rings (SSSR count). The molecule has 192 valence electrons. The third-order valence-corrected chi connectivity index (χ3v) is 7.73. The van der Waals surface area contributed by atoms with Crippen molar-refractivity contribution in [1.29, 1.82) is 0 Å². The molecular formula is C26H29BrN2O6S. The molecule has 0 N–H and O–H groups in total. The number of ether oxygens (including phenoxy) is 3. The van der Waals surface area contributed by atoms with Gasteiger partial charge >= 0.3 is 0 Å². The van der Waals surface area contributed by atoms with Crippen LogP contribution in [0.5, 0.6) is 17.2 Å². The standard InChI is InChI=1S/C26H29BrN2O6S/c1-5-35-22-11-9-21(10-12-22)29(36(31,32)23-13-7-20(27)8-14-23)18-26(30)28(2)17-19-6-15-24(33-3)25(16-19)34-4/h6-16H,5,17-18H2,1-4H3. The first kappa shape index (κ1) is 27.3. The Bertz CT molecular complexity index is 1280. The summed E-state index contributed by atoms with van der Waals surface area (Å²) in [6.45, 7) is 2.23. The van der Waals surface area contributed by atoms with Gasteiger partial charge in [-0.15, -0.1) is 0 Å². The minimum Gasteiger partial charge on any atom is -0.494 e. The number of rotatable bonds is 11. The molecule has 0 spiro atoms. The van der Waals surface area contributed by atoms with Gasteiger partial charge in [0.1, 0.15) is 12.3 Å². The van der Waals surface area contributed by atoms with Crippen LogP contribution in [-0.2, 0) is 21.4 Å². The number of anilines is 1. The summed E-state index contributed by atoms with van der Waals surface area (Å²) in [5.74, 6) is 1.36. The smallest absolute Gasteiger partial charge is 0.264 e. The second-order valence-electron chi connectivity index (χ2n) is 7.83. The largest absolute Gasteiger partial charge is 0.494 e. The third-order valence-electron chi connectivity index (χ3n) is 5.41. The molecule has 0 radical (unpaired) electrons. The van der Waals surface area contributed by atoms with E-state index in [0.29, 0.717) is 29.5 Å². The van der Waals surface area contributed by atoms with Crippen LogP contribution in [0.4, 0.5) is 5.69 Å². The van der Waals surface area contributed by atoms with Crippen molar-refractivity contribution in [3.8, 4) is 17.2 Å². The number of methoxy groups -OCH3 is 2. The van der Waals surface area contributed by atoms with Gasteiger partial charge in [-0.3, -0.25) is 9.10 Å². The highest BCUT2D eigenvalue weighted by atomic mass is 79.9. The topological polar surface area (TPSA) is 85.4 Å². The molecule has 0 aliphatic heterocycles. The number of carbonyl (C=O) groups excluding carboxylic acids is 1. The molecule has 0 atom stereocenters. The fourth-order valence-electron chi connectivity index (χ4n) is 3.51. The minimum atomic E-state index is -4.03. The normalized spacial score (nSPS) is 11.0. The summed E-state index contributed by atoms with van der Waals surface area (Å²) in [6.07, 6.45) is 0. The highest BCUT2D eigenvalue weighted by Crippen LogP contribution is 2.29. The summed E-state index contributed by atoms with van der Waals surface area (Å²) in [5, 5.41) is 0. The third kappa shape index (κ3) is 6.50. The van der Waals surface area contributed by atoms with Crippen molar-refractivity contribution in [2.24, 2.45) is 0 Å². The molecular weight excluding hydrogens is 548 g/mol. The van der Waals surface area contributed by atoms with E-state index in [9.17, 15) is 13.2 Å². The fourth-order valence-corrected chi connectivity index (χ4v) is 5.19. The van der Waals surface area contributed by atoms with Crippen LogP contribution in [0, 0.1) is 0 Å². The van der Waals surface area contributed by atoms with Gasteiger partial charge in [0.15, 0.2) is 11.5 Å². The summed E-state index contributed by atoms with van der Waals surface area (Å²) in [6, 6.07) is 18.3. The molecule has 0 saturated carbocycles. The molecule has 0 unspecified atom stereocenters. The SMILES string of the molecule is CCOc1ccc(N(CC(=O)N(C)Cc2ccc(OC)c(OC)c2)S(=O)(=O)c2ccc(Br)cc2)cc1. The van der Waals surface area contributed by atoms with Gasteiger partial charge in [-0.05, 0) is 73.2 Å². The maximum Gasteiger partial charge on any atom is 0.264 e. The number of hydrogen-bond acceptors (Lipinski definition) is 6. The first-order chi connectivity index (χ1) is 17.2. The van der Waals surface area contributed by atoms with Crippen LogP contribution >= 0.6 is 15.9 Å². The van der Waals surface area contributed by atoms with Crippen LogP contribution < -0.4 is 18.5 Å². The zero-order valence-corrected chi connectivity index (χ0v) is 23.0. The Balaban J connectivity index is 1.89. The van der Waals surface area contributed by atoms with E-state index in [1.807, 2.05) is 13.0 Å². The Morgan fingerprint density at radius 3 is 2.14 bits per heavy atom. The number of hydrogen-bond donors (Lipinski definition) is 0. The van der Waals surface area contributed by atoms with Gasteiger partial charge in [0.2, 0.25) is 5.91 Å². The van der Waals surface area contributed by atoms with E-state index < -0.39 is 10.0 Å². The Labute approximate surface area is 220 Å². The molecule has 0 aromatic heterocycles. The van der Waals surface area contributed by atoms with Crippen LogP contribution in [0.1, 0.15) is 12.5 Å². The van der Waals surface area contributed by atoms with Crippen molar-refractivity contribution >= 4 is 37.5 Å². The summed E-state index contributed by atoms with van der Waals surface area (Å²) in [4.78, 5) is 14.8. The number of likely N-dealkylation sites (N-methyl/N-ethyl adjacent to an activating group) is 1. The van der Waals surface area contributed by atoms with Gasteiger partial charge in [-0.25, -0.2) is 8.42 Å². The number of amides is 1. The van der Waals surface area contributed by atoms with E-state index in [1.54, 1.807) is 62.7 Å². The first-order valence-electron chi connectivity index (χ1n) is 11.2. The lowest BCUT2D eigenvalue weighted by Gasteiger charge is -2.27. The summed E-state index contributed by atoms with van der Waals surface area (Å²) < 4.78 is 45.2. The van der Waals surface area contributed by atoms with Crippen molar-refractivity contribution < 1.29 is 27.4 Å². The Morgan fingerprint density at radius 1 is 0.917 bits per heavy atom. The van der Waals surface area contributed by atoms with E-state index >= 15 is 0 Å². The van der Waals surface area contributed by atoms with E-state index in [0.717, 1.165) is 14.3 Å². The quantitative estimate of drug-likeness (QED) is 0.328. The van der Waals surface area contributed by atoms with Gasteiger partial charge in [0.05, 0.1) is 31.4 Å². The van der Waals surface area contributed by atoms with E-state index in [2.05, 4.69) is 15.9 Å². The van der Waals surface area contributed by atoms with Crippen molar-refractivity contribution in [3.05, 3.63) is 76.8 Å². The molecule has 0 fully saturated rings. The van der Waals surface area contributed by atoms with Gasteiger partial charge in [0, 0.05) is 18.1 Å². The summed E-state index contributed by atoms with van der Waals surface area (Å²) in [7, 11) is 0.687. The van der Waals surface area contributed by atoms with Gasteiger partial charge in [-0.2, -0.15) is 0 Å². The lowest BCUT2D eigenvalue weighted by molar-refractivity contribution is -0.128. The minimum absolute atomic E-state index is 0.0786. The molecule has 0 aliphatic rings. The Morgan fingerprint density at radius 2 is 1.56 bits per heavy atom. The average molecular weight is 577 g/mol. The second-order valence-corrected chi connectivity index (χ2v) is 10.6. The van der Waals surface area contributed by atoms with Crippen LogP contribution in [0.3, 0.4) is 0 Å². The lowest BCUT2D eigenvalue weighted by atomic mass is 10.2. The predicted molar refractivity (Wildman–Crippen MR) is 142 cm³/mol. The maximum atomic E-state index is 13.6. The molecule has 10 heteroatoms. The summed E-state index contributed by atoms with van der Waals surface area (Å²) >= 11 is 3.33. The monoisotopic (exact) mass is 576 g/mol. The lowest BCUT2D eigenvalue weighted by Crippen LogP contribution is -2.41. The van der Waals surface area contributed by atoms with Gasteiger partial charge in [0.25, 0.3) is 10.0 Å². The van der Waals surface area contributed by atoms with Crippen LogP contribution in [0.15, 0.2) is 76.1 Å². The molecule has 1 amide bonds. The zero-order chi connectivity index (χ0) is 26.3. The van der Waals surface area contributed by atoms with Crippen molar-refractivity contribution in [2.45, 2.75) is 18.4 Å². The number of sulfonamides is 1. The Kier molecular flexibility index (Phi) is 9.22. The first-order valence-corrected chi connectivity index (χ1v) is 13.4. The molecule has 36 heavy (non-hydrogen) atoms. The number of nitrogens with zero attached hydrogens (tertiary/aromatic N) is 2. The number of halogens is 1. The van der Waals surface area contributed by atoms with Crippen LogP contribution in [0.25, 0.3) is 0 Å². The van der Waals surface area contributed by atoms with Crippen LogP contribution in [0.2, 0.25) is 0 Å². The summed E-state index contributed by atoms with van der Waals surface area (Å²) in [5.41, 5.74) is 1.17. The van der Waals surface area contributed by atoms with E-state index in [-0.39, 0.29) is 23.9 Å². The van der Waals surface area contributed by atoms with Crippen LogP contribution in [-0.4, -0.2) is 53.6 Å². The average Bonchev–Trinajstić information content (AvgIpc) is 2.88. The molecule has 8 nitrogen and oxygen atoms in total. The molecule has 0 saturated heterocycles. The van der Waals surface area contributed by atoms with Crippen molar-refractivity contribution in [1.82, 2.24) is 4.90 Å². The maximum absolute atomic E-state index is 13.6. The van der Waals surface area contributed by atoms with E-state index in [4.69, 9.17) is 14.2 Å². The molecule has 3 aromatic carbocycles. The second kappa shape index (κ2) is 12.1. The fraction of sp³-hybridized carbons (Fsp3) is 0.269. The van der Waals surface area contributed by atoms with E-state index in [1.165, 1.54) is 24.1 Å². The van der Waals surface area contributed by atoms with Gasteiger partial charge < -0.3 is 19.1 Å². The number of benzene rings is 3. The predicted octanol–water partition coefficient (Wildman–Crippen LogP) is 4.72. The molecule has 3 aromatic rings. The number of carbonyl (C=O) groups is 1. The molecule has 0 aliphatic carbocycles. The van der Waals surface area contributed by atoms with Crippen molar-refractivity contribution in [2.75, 3.05) is 38.7 Å². The van der Waals surface area contributed by atoms with Crippen molar-refractivity contribution in [3.63, 3.8) is 0 Å². The highest BCUT2D eigenvalue weighted by molar-refractivity contribution is 9.10. The zero-order valence-electron chi connectivity index (χ0n) is 20.6. The molecule has 0 heterocycles. The molecule has 0 bridgehead atoms. The van der Waals surface area contributed by atoms with Gasteiger partial charge in [-0.1, -0.05) is 22.0 Å². The highest BCUT2D eigenvalue weighted by Gasteiger charge is 2.28. The Hall–Kier alpha value is -3.24.